The molecule has 1 aliphatic rings. The molecule has 1 aromatic heterocycles. The summed E-state index contributed by atoms with van der Waals surface area (Å²) < 4.78 is 5.67. The predicted octanol–water partition coefficient (Wildman–Crippen LogP) is 5.11. The van der Waals surface area contributed by atoms with E-state index in [2.05, 4.69) is 4.98 Å². The molecule has 6 heteroatoms. The Balaban J connectivity index is 1.88. The largest absolute Gasteiger partial charge is 0.507 e. The van der Waals surface area contributed by atoms with Crippen molar-refractivity contribution in [2.24, 2.45) is 0 Å². The minimum Gasteiger partial charge on any atom is -0.507 e. The fraction of sp³-hybridized carbons (Fsp3) is 0.222. The second kappa shape index (κ2) is 8.90. The van der Waals surface area contributed by atoms with Gasteiger partial charge in [0.2, 0.25) is 0 Å². The number of hydrogen-bond acceptors (Lipinski definition) is 5. The zero-order valence-electron chi connectivity index (χ0n) is 19.1. The summed E-state index contributed by atoms with van der Waals surface area (Å²) in [7, 11) is 0. The molecule has 1 fully saturated rings. The van der Waals surface area contributed by atoms with E-state index in [9.17, 15) is 14.7 Å². The number of nitrogens with zero attached hydrogens (tertiary/aromatic N) is 2. The molecule has 6 nitrogen and oxygen atoms in total. The van der Waals surface area contributed by atoms with Crippen molar-refractivity contribution < 1.29 is 19.4 Å². The number of rotatable bonds is 5. The van der Waals surface area contributed by atoms with E-state index in [0.29, 0.717) is 22.6 Å². The maximum Gasteiger partial charge on any atom is 0.300 e. The quantitative estimate of drug-likeness (QED) is 0.337. The highest BCUT2D eigenvalue weighted by molar-refractivity contribution is 6.51. The van der Waals surface area contributed by atoms with Gasteiger partial charge in [0, 0.05) is 23.6 Å². The van der Waals surface area contributed by atoms with E-state index in [0.717, 1.165) is 11.1 Å². The summed E-state index contributed by atoms with van der Waals surface area (Å²) in [5.74, 6) is -0.990. The molecule has 0 radical (unpaired) electrons. The van der Waals surface area contributed by atoms with Crippen LogP contribution in [0.15, 0.2) is 72.6 Å². The van der Waals surface area contributed by atoms with Crippen LogP contribution in [-0.2, 0) is 9.59 Å². The van der Waals surface area contributed by atoms with Crippen molar-refractivity contribution in [3.05, 3.63) is 94.8 Å². The minimum absolute atomic E-state index is 0.0120. The number of ether oxygens (including phenoxy) is 1. The molecule has 1 N–H and O–H groups in total. The molecular formula is C27H26N2O4. The van der Waals surface area contributed by atoms with Gasteiger partial charge in [-0.15, -0.1) is 0 Å². The van der Waals surface area contributed by atoms with Gasteiger partial charge in [-0.25, -0.2) is 0 Å². The summed E-state index contributed by atoms with van der Waals surface area (Å²) in [5, 5.41) is 11.2. The van der Waals surface area contributed by atoms with Gasteiger partial charge in [-0.05, 0) is 80.8 Å². The summed E-state index contributed by atoms with van der Waals surface area (Å²) in [6.45, 7) is 7.72. The number of benzene rings is 2. The molecule has 168 valence electrons. The number of hydrogen-bond donors (Lipinski definition) is 1. The average Bonchev–Trinajstić information content (AvgIpc) is 3.06. The fourth-order valence-electron chi connectivity index (χ4n) is 4.05. The van der Waals surface area contributed by atoms with E-state index in [4.69, 9.17) is 4.74 Å². The molecule has 1 unspecified atom stereocenters. The van der Waals surface area contributed by atoms with Crippen molar-refractivity contribution >= 4 is 23.1 Å². The van der Waals surface area contributed by atoms with Crippen LogP contribution in [0.5, 0.6) is 5.75 Å². The number of carbonyl (C=O) groups is 2. The second-order valence-corrected chi connectivity index (χ2v) is 8.37. The van der Waals surface area contributed by atoms with Gasteiger partial charge in [0.25, 0.3) is 11.7 Å². The number of anilines is 1. The van der Waals surface area contributed by atoms with Gasteiger partial charge in [-0.3, -0.25) is 19.5 Å². The molecule has 2 aromatic carbocycles. The van der Waals surface area contributed by atoms with Crippen LogP contribution in [0.3, 0.4) is 0 Å². The molecule has 1 saturated heterocycles. The first-order valence-electron chi connectivity index (χ1n) is 10.8. The normalized spacial score (nSPS) is 17.6. The Morgan fingerprint density at radius 2 is 1.76 bits per heavy atom. The molecule has 1 atom stereocenters. The Hall–Kier alpha value is -3.93. The molecule has 33 heavy (non-hydrogen) atoms. The highest BCUT2D eigenvalue weighted by Crippen LogP contribution is 2.43. The highest BCUT2D eigenvalue weighted by atomic mass is 16.5. The Bertz CT molecular complexity index is 1230. The molecule has 3 aromatic rings. The Morgan fingerprint density at radius 3 is 2.39 bits per heavy atom. The first-order chi connectivity index (χ1) is 15.8. The first-order valence-corrected chi connectivity index (χ1v) is 10.8. The Morgan fingerprint density at radius 1 is 1.03 bits per heavy atom. The topological polar surface area (TPSA) is 79.7 Å². The van der Waals surface area contributed by atoms with Crippen LogP contribution in [0.4, 0.5) is 5.69 Å². The van der Waals surface area contributed by atoms with Gasteiger partial charge in [-0.1, -0.05) is 18.2 Å². The van der Waals surface area contributed by atoms with Gasteiger partial charge in [0.15, 0.2) is 0 Å². The van der Waals surface area contributed by atoms with E-state index in [1.807, 2.05) is 45.9 Å². The second-order valence-electron chi connectivity index (χ2n) is 8.37. The minimum atomic E-state index is -0.800. The van der Waals surface area contributed by atoms with Crippen LogP contribution in [0, 0.1) is 13.8 Å². The number of aryl methyl sites for hydroxylation is 1. The van der Waals surface area contributed by atoms with E-state index in [1.54, 1.807) is 48.8 Å². The maximum atomic E-state index is 13.3. The van der Waals surface area contributed by atoms with E-state index < -0.39 is 17.7 Å². The summed E-state index contributed by atoms with van der Waals surface area (Å²) in [6, 6.07) is 15.2. The van der Waals surface area contributed by atoms with Crippen LogP contribution >= 0.6 is 0 Å². The van der Waals surface area contributed by atoms with E-state index in [1.165, 1.54) is 4.90 Å². The Kier molecular flexibility index (Phi) is 6.01. The van der Waals surface area contributed by atoms with E-state index >= 15 is 0 Å². The third-order valence-electron chi connectivity index (χ3n) is 5.78. The monoisotopic (exact) mass is 442 g/mol. The number of amides is 1. The summed E-state index contributed by atoms with van der Waals surface area (Å²) in [5.41, 5.74) is 3.62. The van der Waals surface area contributed by atoms with E-state index in [-0.39, 0.29) is 17.4 Å². The lowest BCUT2D eigenvalue weighted by Gasteiger charge is -2.27. The van der Waals surface area contributed by atoms with Crippen LogP contribution in [0.25, 0.3) is 5.76 Å². The maximum absolute atomic E-state index is 13.3. The lowest BCUT2D eigenvalue weighted by atomic mass is 9.95. The lowest BCUT2D eigenvalue weighted by Crippen LogP contribution is -2.30. The van der Waals surface area contributed by atoms with Crippen LogP contribution < -0.4 is 9.64 Å². The Labute approximate surface area is 193 Å². The summed E-state index contributed by atoms with van der Waals surface area (Å²) in [6.07, 6.45) is 3.25. The predicted molar refractivity (Wildman–Crippen MR) is 127 cm³/mol. The zero-order chi connectivity index (χ0) is 23.7. The first kappa shape index (κ1) is 22.3. The molecule has 1 amide bonds. The highest BCUT2D eigenvalue weighted by Gasteiger charge is 2.47. The molecule has 0 bridgehead atoms. The molecule has 0 saturated carbocycles. The third-order valence-corrected chi connectivity index (χ3v) is 5.78. The lowest BCUT2D eigenvalue weighted by molar-refractivity contribution is -0.132. The van der Waals surface area contributed by atoms with Gasteiger partial charge < -0.3 is 9.84 Å². The number of aromatic nitrogens is 1. The number of pyridine rings is 1. The molecule has 0 aliphatic carbocycles. The summed E-state index contributed by atoms with van der Waals surface area (Å²) in [4.78, 5) is 32.2. The van der Waals surface area contributed by atoms with Crippen LogP contribution in [0.2, 0.25) is 0 Å². The number of carbonyl (C=O) groups excluding carboxylic acids is 2. The van der Waals surface area contributed by atoms with Crippen molar-refractivity contribution in [3.8, 4) is 5.75 Å². The van der Waals surface area contributed by atoms with Gasteiger partial charge in [-0.2, -0.15) is 0 Å². The average molecular weight is 443 g/mol. The zero-order valence-corrected chi connectivity index (χ0v) is 19.1. The summed E-state index contributed by atoms with van der Waals surface area (Å²) >= 11 is 0. The van der Waals surface area contributed by atoms with Crippen molar-refractivity contribution in [2.75, 3.05) is 4.90 Å². The smallest absolute Gasteiger partial charge is 0.300 e. The molecule has 0 spiro atoms. The molecule has 2 heterocycles. The molecule has 1 aliphatic heterocycles. The van der Waals surface area contributed by atoms with Crippen molar-refractivity contribution in [1.82, 2.24) is 4.98 Å². The molecule has 4 rings (SSSR count). The third kappa shape index (κ3) is 4.12. The van der Waals surface area contributed by atoms with Crippen LogP contribution in [-0.4, -0.2) is 27.9 Å². The standard InChI is InChI=1S/C27H26N2O4/c1-16(2)33-21-12-10-19(11-13-21)25(30)23-24(20-8-6-14-28-15-20)29(27(32)26(23)31)22-9-5-7-17(3)18(22)4/h5-16,24,30H,1-4H3/b25-23+. The number of aliphatic hydroxyl groups excluding tert-OH is 1. The van der Waals surface area contributed by atoms with Gasteiger partial charge >= 0.3 is 0 Å². The number of ketones is 1. The van der Waals surface area contributed by atoms with Crippen LogP contribution in [0.1, 0.15) is 42.1 Å². The van der Waals surface area contributed by atoms with Crippen molar-refractivity contribution in [2.45, 2.75) is 39.8 Å². The van der Waals surface area contributed by atoms with Crippen molar-refractivity contribution in [3.63, 3.8) is 0 Å². The van der Waals surface area contributed by atoms with Gasteiger partial charge in [0.05, 0.1) is 17.7 Å². The molecular weight excluding hydrogens is 416 g/mol. The fourth-order valence-corrected chi connectivity index (χ4v) is 4.05. The SMILES string of the molecule is Cc1cccc(N2C(=O)C(=O)/C(=C(/O)c3ccc(OC(C)C)cc3)C2c2cccnc2)c1C. The van der Waals surface area contributed by atoms with Gasteiger partial charge in [0.1, 0.15) is 11.5 Å². The number of Topliss-reactive ketones (excluding diaryl/α,β-unsaturated/α-hetero) is 1. The number of aliphatic hydroxyl groups is 1. The van der Waals surface area contributed by atoms with Crippen molar-refractivity contribution in [1.29, 1.82) is 0 Å².